The number of hydrogen-bond acceptors (Lipinski definition) is 8. The van der Waals surface area contributed by atoms with E-state index in [4.69, 9.17) is 0 Å². The molecule has 0 aromatic heterocycles. The Morgan fingerprint density at radius 3 is 0.600 bits per heavy atom. The van der Waals surface area contributed by atoms with Crippen molar-refractivity contribution in [1.29, 1.82) is 0 Å². The second-order valence-electron chi connectivity index (χ2n) is 22.5. The lowest BCUT2D eigenvalue weighted by molar-refractivity contribution is 0.0601. The summed E-state index contributed by atoms with van der Waals surface area (Å²) in [5.41, 5.74) is 0. The van der Waals surface area contributed by atoms with Gasteiger partial charge in [-0.3, -0.25) is 9.80 Å². The molecule has 8 heteroatoms. The van der Waals surface area contributed by atoms with Crippen molar-refractivity contribution in [2.24, 2.45) is 0 Å². The molecule has 0 aromatic carbocycles. The van der Waals surface area contributed by atoms with Crippen LogP contribution in [0.5, 0.6) is 0 Å². The first-order valence-electron chi connectivity index (χ1n) is 31.9. The van der Waals surface area contributed by atoms with Crippen LogP contribution in [0.15, 0.2) is 0 Å². The molecule has 4 atom stereocenters. The van der Waals surface area contributed by atoms with E-state index in [9.17, 15) is 20.4 Å². The maximum absolute atomic E-state index is 11.1. The largest absolute Gasteiger partial charge is 0.392 e. The highest BCUT2D eigenvalue weighted by atomic mass is 16.3. The first-order chi connectivity index (χ1) is 34.4. The SMILES string of the molecule is CCCCCCCCCCCCC(O)CN(CCNCCNCCN(CC(O)CCCCCCCCCCCC)CC(O)CCCCCCCCCCCC)CC(O)CCCCCCCCCCCC. The summed E-state index contributed by atoms with van der Waals surface area (Å²) in [4.78, 5) is 4.62. The summed E-state index contributed by atoms with van der Waals surface area (Å²) in [5.74, 6) is 0. The highest BCUT2D eigenvalue weighted by Crippen LogP contribution is 2.17. The third-order valence-electron chi connectivity index (χ3n) is 15.1. The highest BCUT2D eigenvalue weighted by molar-refractivity contribution is 4.73. The molecule has 0 rings (SSSR count). The Hall–Kier alpha value is -0.320. The van der Waals surface area contributed by atoms with Gasteiger partial charge in [-0.15, -0.1) is 0 Å². The minimum atomic E-state index is -0.343. The van der Waals surface area contributed by atoms with Crippen LogP contribution >= 0.6 is 0 Å². The molecule has 6 N–H and O–H groups in total. The molecule has 0 radical (unpaired) electrons. The monoisotopic (exact) mass is 995 g/mol. The normalized spacial score (nSPS) is 13.8. The average Bonchev–Trinajstić information content (AvgIpc) is 3.34. The van der Waals surface area contributed by atoms with Crippen LogP contribution in [0, 0.1) is 0 Å². The van der Waals surface area contributed by atoms with E-state index in [2.05, 4.69) is 48.1 Å². The second-order valence-corrected chi connectivity index (χ2v) is 22.5. The average molecular weight is 996 g/mol. The third kappa shape index (κ3) is 54.0. The predicted molar refractivity (Wildman–Crippen MR) is 308 cm³/mol. The summed E-state index contributed by atoms with van der Waals surface area (Å²) >= 11 is 0. The number of aliphatic hydroxyl groups excluding tert-OH is 4. The molecule has 0 saturated heterocycles. The molecule has 0 aliphatic carbocycles. The van der Waals surface area contributed by atoms with Gasteiger partial charge in [0.2, 0.25) is 0 Å². The van der Waals surface area contributed by atoms with E-state index < -0.39 is 0 Å². The molecule has 422 valence electrons. The van der Waals surface area contributed by atoms with Gasteiger partial charge in [-0.25, -0.2) is 0 Å². The summed E-state index contributed by atoms with van der Waals surface area (Å²) in [6.07, 6.45) is 54.3. The lowest BCUT2D eigenvalue weighted by Crippen LogP contribution is -2.43. The standard InChI is InChI=1S/C62H130N4O4/c1-5-9-13-17-21-25-29-33-37-41-45-59(67)55-65(56-60(68)46-42-38-34-30-26-22-18-14-10-6-2)53-51-63-49-50-64-52-54-66(57-61(69)47-43-39-35-31-27-23-19-15-11-7-3)58-62(70)48-44-40-36-32-28-24-20-16-12-8-4/h59-64,67-70H,5-58H2,1-4H3. The molecule has 70 heavy (non-hydrogen) atoms. The van der Waals surface area contributed by atoms with Gasteiger partial charge in [0.15, 0.2) is 0 Å². The number of aliphatic hydroxyl groups is 4. The molecular weight excluding hydrogens is 865 g/mol. The topological polar surface area (TPSA) is 111 Å². The number of nitrogens with one attached hydrogen (secondary N) is 2. The van der Waals surface area contributed by atoms with Crippen LogP contribution in [0.2, 0.25) is 0 Å². The van der Waals surface area contributed by atoms with E-state index >= 15 is 0 Å². The van der Waals surface area contributed by atoms with Gasteiger partial charge in [0.05, 0.1) is 24.4 Å². The van der Waals surface area contributed by atoms with Crippen molar-refractivity contribution in [1.82, 2.24) is 20.4 Å². The van der Waals surface area contributed by atoms with Gasteiger partial charge in [-0.2, -0.15) is 0 Å². The Labute approximate surface area is 439 Å². The molecule has 4 unspecified atom stereocenters. The molecule has 0 aliphatic rings. The van der Waals surface area contributed by atoms with Crippen molar-refractivity contribution in [3.63, 3.8) is 0 Å². The van der Waals surface area contributed by atoms with Gasteiger partial charge in [-0.05, 0) is 25.7 Å². The van der Waals surface area contributed by atoms with Crippen molar-refractivity contribution in [3.05, 3.63) is 0 Å². The molecule has 0 saturated carbocycles. The molecule has 0 heterocycles. The molecule has 0 amide bonds. The highest BCUT2D eigenvalue weighted by Gasteiger charge is 2.17. The number of unbranched alkanes of at least 4 members (excludes halogenated alkanes) is 36. The zero-order valence-corrected chi connectivity index (χ0v) is 48.2. The van der Waals surface area contributed by atoms with E-state index in [1.165, 1.54) is 231 Å². The van der Waals surface area contributed by atoms with Crippen LogP contribution in [-0.2, 0) is 0 Å². The van der Waals surface area contributed by atoms with Gasteiger partial charge in [0.1, 0.15) is 0 Å². The van der Waals surface area contributed by atoms with Crippen LogP contribution in [0.4, 0.5) is 0 Å². The second kappa shape index (κ2) is 57.9. The molecule has 0 aliphatic heterocycles. The Morgan fingerprint density at radius 1 is 0.243 bits per heavy atom. The Balaban J connectivity index is 4.84. The van der Waals surface area contributed by atoms with E-state index in [0.29, 0.717) is 26.2 Å². The van der Waals surface area contributed by atoms with Crippen LogP contribution in [-0.4, -0.2) is 120 Å². The Bertz CT molecular complexity index is 825. The molecule has 0 bridgehead atoms. The van der Waals surface area contributed by atoms with Crippen molar-refractivity contribution >= 4 is 0 Å². The van der Waals surface area contributed by atoms with Crippen LogP contribution < -0.4 is 10.6 Å². The molecule has 8 nitrogen and oxygen atoms in total. The van der Waals surface area contributed by atoms with E-state index in [-0.39, 0.29) is 24.4 Å². The summed E-state index contributed by atoms with van der Waals surface area (Å²) < 4.78 is 0. The van der Waals surface area contributed by atoms with Crippen molar-refractivity contribution in [2.45, 2.75) is 335 Å². The smallest absolute Gasteiger partial charge is 0.0667 e. The van der Waals surface area contributed by atoms with Crippen molar-refractivity contribution in [2.75, 3.05) is 65.4 Å². The van der Waals surface area contributed by atoms with Gasteiger partial charge < -0.3 is 31.1 Å². The van der Waals surface area contributed by atoms with Gasteiger partial charge in [0, 0.05) is 65.4 Å². The first kappa shape index (κ1) is 69.7. The van der Waals surface area contributed by atoms with Gasteiger partial charge in [-0.1, -0.05) is 285 Å². The molecule has 0 aromatic rings. The lowest BCUT2D eigenvalue weighted by atomic mass is 10.0. The maximum atomic E-state index is 11.1. The van der Waals surface area contributed by atoms with Gasteiger partial charge >= 0.3 is 0 Å². The molecular formula is C62H130N4O4. The van der Waals surface area contributed by atoms with Gasteiger partial charge in [0.25, 0.3) is 0 Å². The Morgan fingerprint density at radius 2 is 0.414 bits per heavy atom. The van der Waals surface area contributed by atoms with Crippen LogP contribution in [0.1, 0.15) is 310 Å². The summed E-state index contributed by atoms with van der Waals surface area (Å²) in [7, 11) is 0. The van der Waals surface area contributed by atoms with E-state index in [0.717, 1.165) is 90.6 Å². The first-order valence-corrected chi connectivity index (χ1v) is 31.9. The Kier molecular flexibility index (Phi) is 57.7. The fraction of sp³-hybridized carbons (Fsp3) is 1.00. The lowest BCUT2D eigenvalue weighted by Gasteiger charge is -2.28. The number of hydrogen-bond donors (Lipinski definition) is 6. The van der Waals surface area contributed by atoms with Crippen molar-refractivity contribution in [3.8, 4) is 0 Å². The fourth-order valence-electron chi connectivity index (χ4n) is 10.4. The quantitative estimate of drug-likeness (QED) is 0.0334. The summed E-state index contributed by atoms with van der Waals surface area (Å²) in [6.45, 7) is 16.7. The zero-order chi connectivity index (χ0) is 51.1. The van der Waals surface area contributed by atoms with E-state index in [1.807, 2.05) is 0 Å². The minimum Gasteiger partial charge on any atom is -0.392 e. The zero-order valence-electron chi connectivity index (χ0n) is 48.2. The number of nitrogens with zero attached hydrogens (tertiary/aromatic N) is 2. The summed E-state index contributed by atoms with van der Waals surface area (Å²) in [6, 6.07) is 0. The van der Waals surface area contributed by atoms with Crippen molar-refractivity contribution < 1.29 is 20.4 Å². The molecule has 0 fully saturated rings. The third-order valence-corrected chi connectivity index (χ3v) is 15.1. The minimum absolute atomic E-state index is 0.343. The molecule has 0 spiro atoms. The van der Waals surface area contributed by atoms with Crippen LogP contribution in [0.3, 0.4) is 0 Å². The van der Waals surface area contributed by atoms with Crippen LogP contribution in [0.25, 0.3) is 0 Å². The summed E-state index contributed by atoms with van der Waals surface area (Å²) in [5, 5.41) is 51.7. The number of rotatable bonds is 61. The maximum Gasteiger partial charge on any atom is 0.0667 e. The fourth-order valence-corrected chi connectivity index (χ4v) is 10.4. The van der Waals surface area contributed by atoms with E-state index in [1.54, 1.807) is 0 Å². The predicted octanol–water partition coefficient (Wildman–Crippen LogP) is 15.5.